The van der Waals surface area contributed by atoms with Gasteiger partial charge in [-0.2, -0.15) is 0 Å². The normalized spacial score (nSPS) is 12.5. The summed E-state index contributed by atoms with van der Waals surface area (Å²) < 4.78 is 5.41. The summed E-state index contributed by atoms with van der Waals surface area (Å²) in [5.41, 5.74) is 19.9. The minimum atomic E-state index is 0.0131. The molecule has 17 heavy (non-hydrogen) atoms. The maximum absolute atomic E-state index is 5.87. The number of hydrazine groups is 1. The zero-order chi connectivity index (χ0) is 13.0. The highest BCUT2D eigenvalue weighted by Gasteiger charge is 2.09. The van der Waals surface area contributed by atoms with Crippen molar-refractivity contribution >= 4 is 17.1 Å². The second-order valence-electron chi connectivity index (χ2n) is 4.23. The fourth-order valence-electron chi connectivity index (χ4n) is 1.60. The van der Waals surface area contributed by atoms with E-state index in [9.17, 15) is 0 Å². The van der Waals surface area contributed by atoms with Crippen molar-refractivity contribution < 1.29 is 4.74 Å². The Labute approximate surface area is 101 Å². The van der Waals surface area contributed by atoms with E-state index in [1.165, 1.54) is 5.01 Å². The first-order valence-corrected chi connectivity index (χ1v) is 5.41. The van der Waals surface area contributed by atoms with E-state index in [-0.39, 0.29) is 6.04 Å². The molecule has 0 amide bonds. The predicted molar refractivity (Wildman–Crippen MR) is 71.2 cm³/mol. The van der Waals surface area contributed by atoms with Crippen molar-refractivity contribution in [3.8, 4) is 0 Å². The quantitative estimate of drug-likeness (QED) is 0.327. The van der Waals surface area contributed by atoms with Crippen LogP contribution in [0.5, 0.6) is 0 Å². The Morgan fingerprint density at radius 2 is 1.82 bits per heavy atom. The van der Waals surface area contributed by atoms with Crippen molar-refractivity contribution in [1.82, 2.24) is 0 Å². The minimum Gasteiger partial charge on any atom is -0.397 e. The first kappa shape index (κ1) is 13.6. The number of hydrogen-bond donors (Lipinski definition) is 4. The minimum absolute atomic E-state index is 0.0131. The summed E-state index contributed by atoms with van der Waals surface area (Å²) in [5.74, 6) is 5.63. The van der Waals surface area contributed by atoms with Crippen molar-refractivity contribution in [2.75, 3.05) is 30.1 Å². The molecule has 1 unspecified atom stereocenters. The Morgan fingerprint density at radius 3 is 2.24 bits per heavy atom. The number of benzene rings is 1. The highest BCUT2D eigenvalue weighted by Crippen LogP contribution is 2.29. The summed E-state index contributed by atoms with van der Waals surface area (Å²) in [6.07, 6.45) is 0. The van der Waals surface area contributed by atoms with Gasteiger partial charge in [0, 0.05) is 13.1 Å². The van der Waals surface area contributed by atoms with Crippen LogP contribution in [0.4, 0.5) is 17.1 Å². The van der Waals surface area contributed by atoms with E-state index in [4.69, 9.17) is 27.8 Å². The molecule has 0 spiro atoms. The molecule has 0 radical (unpaired) electrons. The SMILES string of the molecule is CC(N)COCc1cc(N)c(N(C)N)c(N)c1. The summed E-state index contributed by atoms with van der Waals surface area (Å²) in [4.78, 5) is 0. The molecule has 0 saturated heterocycles. The Balaban J connectivity index is 2.77. The number of nitrogen functional groups attached to an aromatic ring is 2. The number of rotatable bonds is 5. The first-order valence-electron chi connectivity index (χ1n) is 5.41. The Hall–Kier alpha value is -1.50. The van der Waals surface area contributed by atoms with Crippen LogP contribution in [0.25, 0.3) is 0 Å². The zero-order valence-electron chi connectivity index (χ0n) is 10.3. The Bertz CT molecular complexity index is 355. The van der Waals surface area contributed by atoms with Gasteiger partial charge in [0.05, 0.1) is 30.3 Å². The van der Waals surface area contributed by atoms with Gasteiger partial charge in [-0.25, -0.2) is 5.84 Å². The highest BCUT2D eigenvalue weighted by atomic mass is 16.5. The maximum atomic E-state index is 5.87. The molecule has 1 aromatic rings. The first-order chi connectivity index (χ1) is 7.91. The molecule has 6 heteroatoms. The lowest BCUT2D eigenvalue weighted by atomic mass is 10.1. The van der Waals surface area contributed by atoms with Crippen molar-refractivity contribution in [3.05, 3.63) is 17.7 Å². The Morgan fingerprint density at radius 1 is 1.29 bits per heavy atom. The smallest absolute Gasteiger partial charge is 0.0975 e. The molecular formula is C11H21N5O. The van der Waals surface area contributed by atoms with E-state index in [1.807, 2.05) is 6.92 Å². The fourth-order valence-corrected chi connectivity index (χ4v) is 1.60. The van der Waals surface area contributed by atoms with Gasteiger partial charge in [-0.05, 0) is 24.6 Å². The molecular weight excluding hydrogens is 218 g/mol. The third kappa shape index (κ3) is 3.77. The van der Waals surface area contributed by atoms with Crippen molar-refractivity contribution in [2.24, 2.45) is 11.6 Å². The van der Waals surface area contributed by atoms with Crippen LogP contribution in [0.15, 0.2) is 12.1 Å². The van der Waals surface area contributed by atoms with Crippen molar-refractivity contribution in [2.45, 2.75) is 19.6 Å². The Kier molecular flexibility index (Phi) is 4.56. The summed E-state index contributed by atoms with van der Waals surface area (Å²) in [6, 6.07) is 3.62. The molecule has 1 atom stereocenters. The van der Waals surface area contributed by atoms with Crippen LogP contribution >= 0.6 is 0 Å². The van der Waals surface area contributed by atoms with Gasteiger partial charge < -0.3 is 26.9 Å². The van der Waals surface area contributed by atoms with Crippen molar-refractivity contribution in [1.29, 1.82) is 0 Å². The molecule has 0 aliphatic carbocycles. The van der Waals surface area contributed by atoms with E-state index < -0.39 is 0 Å². The largest absolute Gasteiger partial charge is 0.397 e. The third-order valence-electron chi connectivity index (χ3n) is 2.23. The maximum Gasteiger partial charge on any atom is 0.0975 e. The van der Waals surface area contributed by atoms with Gasteiger partial charge in [0.25, 0.3) is 0 Å². The van der Waals surface area contributed by atoms with E-state index in [0.717, 1.165) is 5.56 Å². The molecule has 0 fully saturated rings. The van der Waals surface area contributed by atoms with Crippen LogP contribution in [0.3, 0.4) is 0 Å². The topological polar surface area (TPSA) is 117 Å². The van der Waals surface area contributed by atoms with Crippen LogP contribution in [0.1, 0.15) is 12.5 Å². The molecule has 6 nitrogen and oxygen atoms in total. The lowest BCUT2D eigenvalue weighted by Crippen LogP contribution is -2.27. The number of hydrogen-bond acceptors (Lipinski definition) is 6. The standard InChI is InChI=1S/C11H21N5O/c1-7(12)5-17-6-8-3-9(13)11(16(2)15)10(14)4-8/h3-4,7H,5-6,12-15H2,1-2H3. The van der Waals surface area contributed by atoms with Crippen LogP contribution in [0, 0.1) is 0 Å². The number of anilines is 3. The molecule has 0 aliphatic heterocycles. The monoisotopic (exact) mass is 239 g/mol. The molecule has 0 aromatic heterocycles. The van der Waals surface area contributed by atoms with Gasteiger partial charge in [-0.1, -0.05) is 0 Å². The summed E-state index contributed by atoms with van der Waals surface area (Å²) in [7, 11) is 1.69. The van der Waals surface area contributed by atoms with Crippen molar-refractivity contribution in [3.63, 3.8) is 0 Å². The van der Waals surface area contributed by atoms with Crippen LogP contribution in [0.2, 0.25) is 0 Å². The van der Waals surface area contributed by atoms with Gasteiger partial charge in [0.2, 0.25) is 0 Å². The second-order valence-corrected chi connectivity index (χ2v) is 4.23. The van der Waals surface area contributed by atoms with Gasteiger partial charge >= 0.3 is 0 Å². The fraction of sp³-hybridized carbons (Fsp3) is 0.455. The van der Waals surface area contributed by atoms with E-state index >= 15 is 0 Å². The molecule has 0 bridgehead atoms. The molecule has 0 heterocycles. The molecule has 96 valence electrons. The van der Waals surface area contributed by atoms with Crippen LogP contribution in [-0.2, 0) is 11.3 Å². The molecule has 8 N–H and O–H groups in total. The third-order valence-corrected chi connectivity index (χ3v) is 2.23. The molecule has 0 aliphatic rings. The zero-order valence-corrected chi connectivity index (χ0v) is 10.3. The molecule has 0 saturated carbocycles. The highest BCUT2D eigenvalue weighted by molar-refractivity contribution is 5.80. The van der Waals surface area contributed by atoms with Crippen LogP contribution < -0.4 is 28.1 Å². The second kappa shape index (κ2) is 5.72. The molecule has 1 aromatic carbocycles. The number of nitrogens with two attached hydrogens (primary N) is 4. The van der Waals surface area contributed by atoms with Gasteiger partial charge in [0.1, 0.15) is 0 Å². The average Bonchev–Trinajstić information content (AvgIpc) is 2.14. The van der Waals surface area contributed by atoms with Gasteiger partial charge in [-0.15, -0.1) is 0 Å². The van der Waals surface area contributed by atoms with Gasteiger partial charge in [-0.3, -0.25) is 0 Å². The van der Waals surface area contributed by atoms with E-state index in [1.54, 1.807) is 19.2 Å². The average molecular weight is 239 g/mol. The number of ether oxygens (including phenoxy) is 1. The summed E-state index contributed by atoms with van der Waals surface area (Å²) in [5, 5.41) is 1.40. The van der Waals surface area contributed by atoms with Gasteiger partial charge in [0.15, 0.2) is 0 Å². The number of nitrogens with zero attached hydrogens (tertiary/aromatic N) is 1. The molecule has 1 rings (SSSR count). The summed E-state index contributed by atoms with van der Waals surface area (Å²) >= 11 is 0. The predicted octanol–water partition coefficient (Wildman–Crippen LogP) is 0.0247. The lowest BCUT2D eigenvalue weighted by Gasteiger charge is -2.18. The van der Waals surface area contributed by atoms with E-state index in [0.29, 0.717) is 30.3 Å². The van der Waals surface area contributed by atoms with E-state index in [2.05, 4.69) is 0 Å². The lowest BCUT2D eigenvalue weighted by molar-refractivity contribution is 0.111. The summed E-state index contributed by atoms with van der Waals surface area (Å²) in [6.45, 7) is 2.82. The van der Waals surface area contributed by atoms with Crippen LogP contribution in [-0.4, -0.2) is 19.7 Å².